The Morgan fingerprint density at radius 3 is 2.58 bits per heavy atom. The molecule has 7 nitrogen and oxygen atoms in total. The molecular formula is C22H14N2O5S2. The van der Waals surface area contributed by atoms with Crippen LogP contribution in [0.25, 0.3) is 17.4 Å². The number of nitro groups is 1. The molecule has 0 N–H and O–H groups in total. The Labute approximate surface area is 186 Å². The molecule has 2 heterocycles. The number of Topliss-reactive ketones (excluding diaryl/α,β-unsaturated/α-hetero) is 1. The van der Waals surface area contributed by atoms with Gasteiger partial charge in [-0.15, -0.1) is 0 Å². The number of nitrogens with zero attached hydrogens (tertiary/aromatic N) is 2. The van der Waals surface area contributed by atoms with Crippen LogP contribution in [0, 0.1) is 10.1 Å². The Kier molecular flexibility index (Phi) is 5.53. The monoisotopic (exact) mass is 450 g/mol. The van der Waals surface area contributed by atoms with Gasteiger partial charge < -0.3 is 4.42 Å². The fourth-order valence-electron chi connectivity index (χ4n) is 3.02. The zero-order valence-electron chi connectivity index (χ0n) is 16.1. The van der Waals surface area contributed by atoms with Crippen LogP contribution in [-0.4, -0.2) is 20.9 Å². The van der Waals surface area contributed by atoms with Crippen LogP contribution in [0.3, 0.4) is 0 Å². The first-order valence-corrected chi connectivity index (χ1v) is 10.3. The molecule has 0 saturated carbocycles. The van der Waals surface area contributed by atoms with Gasteiger partial charge in [-0.3, -0.25) is 24.6 Å². The second-order valence-electron chi connectivity index (χ2n) is 6.63. The molecule has 0 atom stereocenters. The predicted octanol–water partition coefficient (Wildman–Crippen LogP) is 5.46. The smallest absolute Gasteiger partial charge is 0.270 e. The molecule has 0 spiro atoms. The van der Waals surface area contributed by atoms with Crippen LogP contribution in [0.15, 0.2) is 70.0 Å². The molecule has 0 bridgehead atoms. The number of carbonyl (C=O) groups excluding carboxylic acids is 2. The van der Waals surface area contributed by atoms with E-state index in [1.807, 2.05) is 0 Å². The number of carbonyl (C=O) groups is 2. The van der Waals surface area contributed by atoms with Gasteiger partial charge in [-0.2, -0.15) is 0 Å². The lowest BCUT2D eigenvalue weighted by atomic mass is 10.1. The molecule has 2 aromatic carbocycles. The fourth-order valence-corrected chi connectivity index (χ4v) is 4.30. The van der Waals surface area contributed by atoms with Crippen LogP contribution in [-0.2, 0) is 4.79 Å². The molecule has 1 saturated heterocycles. The maximum Gasteiger partial charge on any atom is 0.270 e. The lowest BCUT2D eigenvalue weighted by Gasteiger charge is -2.14. The van der Waals surface area contributed by atoms with Gasteiger partial charge in [-0.25, -0.2) is 0 Å². The molecule has 1 aromatic heterocycles. The number of furan rings is 1. The molecule has 4 rings (SSSR count). The van der Waals surface area contributed by atoms with Crippen molar-refractivity contribution in [3.05, 3.63) is 87.0 Å². The highest BCUT2D eigenvalue weighted by molar-refractivity contribution is 8.27. The number of non-ortho nitro benzene ring substituents is 1. The highest BCUT2D eigenvalue weighted by Gasteiger charge is 2.33. The third-order valence-corrected chi connectivity index (χ3v) is 5.87. The van der Waals surface area contributed by atoms with E-state index in [9.17, 15) is 19.7 Å². The minimum Gasteiger partial charge on any atom is -0.457 e. The van der Waals surface area contributed by atoms with Gasteiger partial charge in [0.2, 0.25) is 0 Å². The summed E-state index contributed by atoms with van der Waals surface area (Å²) >= 11 is 6.51. The highest BCUT2D eigenvalue weighted by Crippen LogP contribution is 2.37. The van der Waals surface area contributed by atoms with E-state index >= 15 is 0 Å². The van der Waals surface area contributed by atoms with Crippen molar-refractivity contribution in [2.45, 2.75) is 6.92 Å². The lowest BCUT2D eigenvalue weighted by Crippen LogP contribution is -2.27. The number of ketones is 1. The van der Waals surface area contributed by atoms with Crippen molar-refractivity contribution in [1.29, 1.82) is 0 Å². The van der Waals surface area contributed by atoms with Crippen molar-refractivity contribution in [1.82, 2.24) is 0 Å². The number of hydrogen-bond acceptors (Lipinski definition) is 7. The molecule has 0 unspecified atom stereocenters. The SMILES string of the molecule is CC(=O)c1ccc(N2C(=O)C(=Cc3ccc(-c4cccc([N+](=O)[O-])c4)o3)SC2=S)cc1. The number of thioether (sulfide) groups is 1. The van der Waals surface area contributed by atoms with Crippen LogP contribution in [0.2, 0.25) is 0 Å². The van der Waals surface area contributed by atoms with Crippen molar-refractivity contribution < 1.29 is 18.9 Å². The average molecular weight is 450 g/mol. The van der Waals surface area contributed by atoms with E-state index in [1.54, 1.807) is 54.6 Å². The van der Waals surface area contributed by atoms with Gasteiger partial charge in [0.15, 0.2) is 10.1 Å². The van der Waals surface area contributed by atoms with E-state index in [4.69, 9.17) is 16.6 Å². The van der Waals surface area contributed by atoms with E-state index in [1.165, 1.54) is 24.0 Å². The van der Waals surface area contributed by atoms with Crippen LogP contribution < -0.4 is 4.90 Å². The van der Waals surface area contributed by atoms with E-state index in [-0.39, 0.29) is 17.4 Å². The third-order valence-electron chi connectivity index (χ3n) is 4.57. The molecule has 1 aliphatic rings. The minimum absolute atomic E-state index is 0.0351. The normalized spacial score (nSPS) is 15.0. The van der Waals surface area contributed by atoms with Crippen molar-refractivity contribution in [3.63, 3.8) is 0 Å². The van der Waals surface area contributed by atoms with Gasteiger partial charge in [0.25, 0.3) is 11.6 Å². The standard InChI is InChI=1S/C22H14N2O5S2/c1-13(25)14-5-7-16(8-6-14)23-21(26)20(31-22(23)30)12-18-9-10-19(29-18)15-3-2-4-17(11-15)24(27)28/h2-12H,1H3. The molecule has 1 fully saturated rings. The van der Waals surface area contributed by atoms with Crippen LogP contribution in [0.4, 0.5) is 11.4 Å². The molecule has 1 aliphatic heterocycles. The predicted molar refractivity (Wildman–Crippen MR) is 123 cm³/mol. The maximum absolute atomic E-state index is 12.9. The first-order chi connectivity index (χ1) is 14.8. The summed E-state index contributed by atoms with van der Waals surface area (Å²) in [4.78, 5) is 36.7. The van der Waals surface area contributed by atoms with Gasteiger partial charge >= 0.3 is 0 Å². The average Bonchev–Trinajstić information content (AvgIpc) is 3.33. The number of amides is 1. The van der Waals surface area contributed by atoms with Gasteiger partial charge in [-0.1, -0.05) is 36.1 Å². The summed E-state index contributed by atoms with van der Waals surface area (Å²) in [5.74, 6) is 0.521. The van der Waals surface area contributed by atoms with E-state index in [0.29, 0.717) is 37.6 Å². The largest absolute Gasteiger partial charge is 0.457 e. The molecule has 154 valence electrons. The number of nitro benzene ring substituents is 1. The summed E-state index contributed by atoms with van der Waals surface area (Å²) in [6, 6.07) is 16.1. The number of thiocarbonyl (C=S) groups is 1. The molecule has 3 aromatic rings. The number of anilines is 1. The second kappa shape index (κ2) is 8.29. The molecule has 0 aliphatic carbocycles. The van der Waals surface area contributed by atoms with E-state index < -0.39 is 4.92 Å². The van der Waals surface area contributed by atoms with Crippen molar-refractivity contribution in [2.24, 2.45) is 0 Å². The van der Waals surface area contributed by atoms with Crippen molar-refractivity contribution >= 4 is 57.4 Å². The number of hydrogen-bond donors (Lipinski definition) is 0. The third kappa shape index (κ3) is 4.18. The summed E-state index contributed by atoms with van der Waals surface area (Å²) in [6.07, 6.45) is 1.59. The molecular weight excluding hydrogens is 436 g/mol. The van der Waals surface area contributed by atoms with E-state index in [0.717, 1.165) is 11.8 Å². The Balaban J connectivity index is 1.58. The molecule has 0 radical (unpaired) electrons. The Morgan fingerprint density at radius 1 is 1.16 bits per heavy atom. The molecule has 1 amide bonds. The highest BCUT2D eigenvalue weighted by atomic mass is 32.2. The first-order valence-electron chi connectivity index (χ1n) is 9.07. The summed E-state index contributed by atoms with van der Waals surface area (Å²) < 4.78 is 6.14. The second-order valence-corrected chi connectivity index (χ2v) is 8.31. The van der Waals surface area contributed by atoms with Crippen LogP contribution in [0.1, 0.15) is 23.0 Å². The van der Waals surface area contributed by atoms with Crippen molar-refractivity contribution in [3.8, 4) is 11.3 Å². The summed E-state index contributed by atoms with van der Waals surface area (Å²) in [6.45, 7) is 1.47. The lowest BCUT2D eigenvalue weighted by molar-refractivity contribution is -0.384. The topological polar surface area (TPSA) is 93.7 Å². The fraction of sp³-hybridized carbons (Fsp3) is 0.0455. The zero-order chi connectivity index (χ0) is 22.1. The Morgan fingerprint density at radius 2 is 1.90 bits per heavy atom. The van der Waals surface area contributed by atoms with Crippen LogP contribution in [0.5, 0.6) is 0 Å². The quantitative estimate of drug-likeness (QED) is 0.167. The van der Waals surface area contributed by atoms with Gasteiger partial charge in [0, 0.05) is 29.3 Å². The number of rotatable bonds is 5. The molecule has 31 heavy (non-hydrogen) atoms. The van der Waals surface area contributed by atoms with Gasteiger partial charge in [-0.05, 0) is 43.3 Å². The van der Waals surface area contributed by atoms with Crippen LogP contribution >= 0.6 is 24.0 Å². The Bertz CT molecular complexity index is 1260. The zero-order valence-corrected chi connectivity index (χ0v) is 17.7. The summed E-state index contributed by atoms with van der Waals surface area (Å²) in [7, 11) is 0. The van der Waals surface area contributed by atoms with Gasteiger partial charge in [0.05, 0.1) is 15.5 Å². The maximum atomic E-state index is 12.9. The molecule has 9 heteroatoms. The minimum atomic E-state index is -0.471. The Hall–Kier alpha value is -3.56. The van der Waals surface area contributed by atoms with Gasteiger partial charge in [0.1, 0.15) is 11.5 Å². The summed E-state index contributed by atoms with van der Waals surface area (Å²) in [5.41, 5.74) is 1.65. The number of benzene rings is 2. The van der Waals surface area contributed by atoms with Crippen molar-refractivity contribution in [2.75, 3.05) is 4.90 Å². The van der Waals surface area contributed by atoms with E-state index in [2.05, 4.69) is 0 Å². The summed E-state index contributed by atoms with van der Waals surface area (Å²) in [5, 5.41) is 11.0. The first kappa shape index (κ1) is 20.7.